The maximum absolute atomic E-state index is 14.0. The minimum absolute atomic E-state index is 0.0173. The van der Waals surface area contributed by atoms with Crippen molar-refractivity contribution in [1.82, 2.24) is 15.0 Å². The smallest absolute Gasteiger partial charge is 0.321 e. The number of ether oxygens (including phenoxy) is 2. The minimum Gasteiger partial charge on any atom is -0.497 e. The first kappa shape index (κ1) is 14.0. The second kappa shape index (κ2) is 6.14. The summed E-state index contributed by atoms with van der Waals surface area (Å²) in [5.74, 6) is 0.0206. The quantitative estimate of drug-likeness (QED) is 0.901. The van der Waals surface area contributed by atoms with E-state index in [4.69, 9.17) is 15.2 Å². The van der Waals surface area contributed by atoms with Gasteiger partial charge in [0.05, 0.1) is 19.3 Å². The molecule has 6 nitrogen and oxygen atoms in total. The summed E-state index contributed by atoms with van der Waals surface area (Å²) in [6.07, 6.45) is 0.803. The van der Waals surface area contributed by atoms with Gasteiger partial charge < -0.3 is 15.2 Å². The molecule has 106 valence electrons. The van der Waals surface area contributed by atoms with Crippen LogP contribution in [-0.2, 0) is 0 Å². The molecule has 1 aromatic carbocycles. The van der Waals surface area contributed by atoms with Gasteiger partial charge in [-0.25, -0.2) is 4.39 Å². The van der Waals surface area contributed by atoms with Crippen molar-refractivity contribution in [2.24, 2.45) is 0 Å². The normalized spacial score (nSPS) is 10.3. The molecule has 20 heavy (non-hydrogen) atoms. The number of anilines is 1. The fourth-order valence-corrected chi connectivity index (χ4v) is 1.55. The lowest BCUT2D eigenvalue weighted by molar-refractivity contribution is 0.292. The van der Waals surface area contributed by atoms with E-state index in [1.165, 1.54) is 19.2 Å². The maximum atomic E-state index is 14.0. The van der Waals surface area contributed by atoms with Crippen molar-refractivity contribution >= 4 is 5.95 Å². The Kier molecular flexibility index (Phi) is 4.29. The van der Waals surface area contributed by atoms with Gasteiger partial charge in [-0.1, -0.05) is 6.92 Å². The van der Waals surface area contributed by atoms with E-state index >= 15 is 0 Å². The van der Waals surface area contributed by atoms with Gasteiger partial charge in [0.1, 0.15) is 11.6 Å². The SMILES string of the molecule is CCCOc1nc(N)nc(-c2ccc(OC)cc2F)n1. The van der Waals surface area contributed by atoms with Gasteiger partial charge in [-0.15, -0.1) is 0 Å². The number of nitrogens with two attached hydrogens (primary N) is 1. The number of aromatic nitrogens is 3. The Morgan fingerprint density at radius 2 is 2.05 bits per heavy atom. The highest BCUT2D eigenvalue weighted by Gasteiger charge is 2.12. The Morgan fingerprint density at radius 1 is 1.25 bits per heavy atom. The molecular weight excluding hydrogens is 263 g/mol. The van der Waals surface area contributed by atoms with Crippen molar-refractivity contribution in [2.75, 3.05) is 19.5 Å². The zero-order chi connectivity index (χ0) is 14.5. The van der Waals surface area contributed by atoms with E-state index in [0.29, 0.717) is 12.4 Å². The van der Waals surface area contributed by atoms with Crippen molar-refractivity contribution in [3.8, 4) is 23.1 Å². The van der Waals surface area contributed by atoms with Gasteiger partial charge in [-0.3, -0.25) is 0 Å². The van der Waals surface area contributed by atoms with Crippen molar-refractivity contribution in [3.63, 3.8) is 0 Å². The second-order valence-electron chi connectivity index (χ2n) is 3.99. The summed E-state index contributed by atoms with van der Waals surface area (Å²) in [7, 11) is 1.46. The van der Waals surface area contributed by atoms with Gasteiger partial charge in [-0.2, -0.15) is 15.0 Å². The van der Waals surface area contributed by atoms with E-state index in [9.17, 15) is 4.39 Å². The average Bonchev–Trinajstić information content (AvgIpc) is 2.44. The molecule has 7 heteroatoms. The number of rotatable bonds is 5. The fourth-order valence-electron chi connectivity index (χ4n) is 1.55. The lowest BCUT2D eigenvalue weighted by Crippen LogP contribution is -2.06. The second-order valence-corrected chi connectivity index (χ2v) is 3.99. The van der Waals surface area contributed by atoms with Crippen LogP contribution in [0.15, 0.2) is 18.2 Å². The van der Waals surface area contributed by atoms with E-state index in [-0.39, 0.29) is 23.3 Å². The molecule has 2 aromatic rings. The van der Waals surface area contributed by atoms with Crippen LogP contribution in [0, 0.1) is 5.82 Å². The Morgan fingerprint density at radius 3 is 2.70 bits per heavy atom. The van der Waals surface area contributed by atoms with E-state index in [2.05, 4.69) is 15.0 Å². The first-order valence-corrected chi connectivity index (χ1v) is 6.12. The number of halogens is 1. The van der Waals surface area contributed by atoms with Gasteiger partial charge in [0, 0.05) is 6.07 Å². The van der Waals surface area contributed by atoms with Gasteiger partial charge in [0.2, 0.25) is 5.95 Å². The predicted octanol–water partition coefficient (Wildman–Crippen LogP) is 2.06. The Labute approximate surface area is 115 Å². The van der Waals surface area contributed by atoms with E-state index in [1.54, 1.807) is 6.07 Å². The fraction of sp³-hybridized carbons (Fsp3) is 0.308. The first-order valence-electron chi connectivity index (χ1n) is 6.12. The van der Waals surface area contributed by atoms with Crippen molar-refractivity contribution in [3.05, 3.63) is 24.0 Å². The van der Waals surface area contributed by atoms with Crippen LogP contribution in [0.25, 0.3) is 11.4 Å². The van der Waals surface area contributed by atoms with Crippen LogP contribution in [0.3, 0.4) is 0 Å². The highest BCUT2D eigenvalue weighted by atomic mass is 19.1. The van der Waals surface area contributed by atoms with Crippen LogP contribution < -0.4 is 15.2 Å². The molecule has 0 fully saturated rings. The molecule has 0 spiro atoms. The lowest BCUT2D eigenvalue weighted by Gasteiger charge is -2.07. The number of nitrogens with zero attached hydrogens (tertiary/aromatic N) is 3. The zero-order valence-corrected chi connectivity index (χ0v) is 11.3. The summed E-state index contributed by atoms with van der Waals surface area (Å²) < 4.78 is 24.2. The Balaban J connectivity index is 2.39. The van der Waals surface area contributed by atoms with Crippen molar-refractivity contribution < 1.29 is 13.9 Å². The molecule has 0 amide bonds. The molecule has 0 aliphatic rings. The number of hydrogen-bond donors (Lipinski definition) is 1. The Hall–Kier alpha value is -2.44. The molecule has 0 radical (unpaired) electrons. The van der Waals surface area contributed by atoms with Crippen LogP contribution in [-0.4, -0.2) is 28.7 Å². The molecule has 1 heterocycles. The standard InChI is InChI=1S/C13H15FN4O2/c1-3-6-20-13-17-11(16-12(15)18-13)9-5-4-8(19-2)7-10(9)14/h4-5,7H,3,6H2,1-2H3,(H2,15,16,17,18). The summed E-state index contributed by atoms with van der Waals surface area (Å²) in [5.41, 5.74) is 5.79. The molecule has 0 atom stereocenters. The van der Waals surface area contributed by atoms with Gasteiger partial charge >= 0.3 is 6.01 Å². The van der Waals surface area contributed by atoms with E-state index in [1.807, 2.05) is 6.92 Å². The van der Waals surface area contributed by atoms with Gasteiger partial charge in [0.15, 0.2) is 5.82 Å². The van der Waals surface area contributed by atoms with Crippen LogP contribution in [0.4, 0.5) is 10.3 Å². The molecule has 0 saturated carbocycles. The molecule has 0 aliphatic carbocycles. The molecule has 0 unspecified atom stereocenters. The first-order chi connectivity index (χ1) is 9.63. The molecule has 0 saturated heterocycles. The summed E-state index contributed by atoms with van der Waals surface area (Å²) in [5, 5.41) is 0. The Bertz CT molecular complexity index is 607. The number of methoxy groups -OCH3 is 1. The minimum atomic E-state index is -0.503. The van der Waals surface area contributed by atoms with Crippen LogP contribution in [0.2, 0.25) is 0 Å². The van der Waals surface area contributed by atoms with Crippen LogP contribution in [0.1, 0.15) is 13.3 Å². The number of hydrogen-bond acceptors (Lipinski definition) is 6. The third-order valence-corrected chi connectivity index (χ3v) is 2.48. The summed E-state index contributed by atoms with van der Waals surface area (Å²) in [4.78, 5) is 11.8. The average molecular weight is 278 g/mol. The maximum Gasteiger partial charge on any atom is 0.321 e. The predicted molar refractivity (Wildman–Crippen MR) is 72.0 cm³/mol. The third-order valence-electron chi connectivity index (χ3n) is 2.48. The molecule has 1 aromatic heterocycles. The molecular formula is C13H15FN4O2. The molecule has 2 rings (SSSR count). The molecule has 0 aliphatic heterocycles. The summed E-state index contributed by atoms with van der Waals surface area (Å²) >= 11 is 0. The monoisotopic (exact) mass is 278 g/mol. The topological polar surface area (TPSA) is 83.2 Å². The molecule has 2 N–H and O–H groups in total. The highest BCUT2D eigenvalue weighted by molar-refractivity contribution is 5.58. The zero-order valence-electron chi connectivity index (χ0n) is 11.3. The number of benzene rings is 1. The van der Waals surface area contributed by atoms with Gasteiger partial charge in [-0.05, 0) is 18.6 Å². The third kappa shape index (κ3) is 3.11. The van der Waals surface area contributed by atoms with Crippen molar-refractivity contribution in [1.29, 1.82) is 0 Å². The van der Waals surface area contributed by atoms with Crippen LogP contribution >= 0.6 is 0 Å². The number of nitrogen functional groups attached to an aromatic ring is 1. The van der Waals surface area contributed by atoms with Gasteiger partial charge in [0.25, 0.3) is 0 Å². The highest BCUT2D eigenvalue weighted by Crippen LogP contribution is 2.24. The largest absolute Gasteiger partial charge is 0.497 e. The van der Waals surface area contributed by atoms with E-state index < -0.39 is 5.82 Å². The molecule has 0 bridgehead atoms. The van der Waals surface area contributed by atoms with E-state index in [0.717, 1.165) is 6.42 Å². The summed E-state index contributed by atoms with van der Waals surface area (Å²) in [6.45, 7) is 2.41. The van der Waals surface area contributed by atoms with Crippen molar-refractivity contribution in [2.45, 2.75) is 13.3 Å². The summed E-state index contributed by atoms with van der Waals surface area (Å²) in [6, 6.07) is 4.48. The van der Waals surface area contributed by atoms with Crippen LogP contribution in [0.5, 0.6) is 11.8 Å². The lowest BCUT2D eigenvalue weighted by atomic mass is 10.2.